The van der Waals surface area contributed by atoms with Gasteiger partial charge in [-0.3, -0.25) is 0 Å². The minimum atomic E-state index is -2.86. The van der Waals surface area contributed by atoms with E-state index in [1.807, 2.05) is 24.3 Å². The minimum absolute atomic E-state index is 0.914. The van der Waals surface area contributed by atoms with Crippen LogP contribution >= 0.6 is 0 Å². The minimum Gasteiger partial charge on any atom is -0.750 e. The SMILES string of the molecule is O=S([O-])O.c1ccc2n[nH]nc2c1. The van der Waals surface area contributed by atoms with Gasteiger partial charge in [-0.2, -0.15) is 15.4 Å². The van der Waals surface area contributed by atoms with Crippen LogP contribution in [0.2, 0.25) is 0 Å². The predicted octanol–water partition coefficient (Wildman–Crippen LogP) is 0.296. The number of benzene rings is 1. The highest BCUT2D eigenvalue weighted by Gasteiger charge is 1.90. The molecular formula is C6H6N3O3S-. The van der Waals surface area contributed by atoms with Gasteiger partial charge in [-0.25, -0.2) is 4.21 Å². The molecule has 1 aromatic heterocycles. The summed E-state index contributed by atoms with van der Waals surface area (Å²) in [5.74, 6) is 0. The normalized spacial score (nSPS) is 11.8. The van der Waals surface area contributed by atoms with E-state index in [9.17, 15) is 0 Å². The first-order valence-electron chi connectivity index (χ1n) is 3.24. The van der Waals surface area contributed by atoms with Crippen molar-refractivity contribution in [3.63, 3.8) is 0 Å². The Balaban J connectivity index is 0.000000184. The van der Waals surface area contributed by atoms with Gasteiger partial charge in [0.2, 0.25) is 0 Å². The summed E-state index contributed by atoms with van der Waals surface area (Å²) >= 11 is -2.86. The van der Waals surface area contributed by atoms with Gasteiger partial charge in [0.1, 0.15) is 11.0 Å². The summed E-state index contributed by atoms with van der Waals surface area (Å²) in [6.45, 7) is 0. The van der Waals surface area contributed by atoms with E-state index in [2.05, 4.69) is 15.4 Å². The first-order chi connectivity index (χ1) is 6.20. The molecule has 0 amide bonds. The zero-order valence-electron chi connectivity index (χ0n) is 6.38. The maximum atomic E-state index is 8.56. The smallest absolute Gasteiger partial charge is 0.112 e. The zero-order chi connectivity index (χ0) is 9.68. The lowest BCUT2D eigenvalue weighted by Gasteiger charge is -1.83. The monoisotopic (exact) mass is 200 g/mol. The van der Waals surface area contributed by atoms with Crippen molar-refractivity contribution in [2.24, 2.45) is 0 Å². The van der Waals surface area contributed by atoms with Crippen LogP contribution in [-0.4, -0.2) is 28.7 Å². The number of hydrogen-bond acceptors (Lipinski definition) is 4. The van der Waals surface area contributed by atoms with E-state index in [4.69, 9.17) is 13.3 Å². The molecule has 0 fully saturated rings. The third-order valence-electron chi connectivity index (χ3n) is 1.22. The number of H-pyrrole nitrogens is 1. The van der Waals surface area contributed by atoms with E-state index in [0.29, 0.717) is 0 Å². The number of nitrogens with zero attached hydrogens (tertiary/aromatic N) is 2. The molecule has 7 heteroatoms. The summed E-state index contributed by atoms with van der Waals surface area (Å²) in [5, 5.41) is 10.3. The molecule has 2 rings (SSSR count). The van der Waals surface area contributed by atoms with E-state index in [-0.39, 0.29) is 0 Å². The molecule has 1 heterocycles. The number of fused-ring (bicyclic) bond motifs is 1. The summed E-state index contributed by atoms with van der Waals surface area (Å²) in [4.78, 5) is 0. The molecule has 2 aromatic rings. The lowest BCUT2D eigenvalue weighted by Crippen LogP contribution is -1.75. The van der Waals surface area contributed by atoms with Crippen LogP contribution in [0, 0.1) is 0 Å². The van der Waals surface area contributed by atoms with Gasteiger partial charge in [0.05, 0.1) is 11.4 Å². The third-order valence-corrected chi connectivity index (χ3v) is 1.22. The van der Waals surface area contributed by atoms with E-state index < -0.39 is 11.4 Å². The average Bonchev–Trinajstić information content (AvgIpc) is 2.49. The molecule has 2 N–H and O–H groups in total. The van der Waals surface area contributed by atoms with Crippen LogP contribution in [0.5, 0.6) is 0 Å². The van der Waals surface area contributed by atoms with Gasteiger partial charge < -0.3 is 9.11 Å². The Labute approximate surface area is 76.1 Å². The quantitative estimate of drug-likeness (QED) is 0.595. The Hall–Kier alpha value is -1.31. The molecular weight excluding hydrogens is 194 g/mol. The predicted molar refractivity (Wildman–Crippen MR) is 45.4 cm³/mol. The molecule has 0 aliphatic carbocycles. The Bertz CT molecular complexity index is 368. The molecule has 1 unspecified atom stereocenters. The number of hydrogen-bond donors (Lipinski definition) is 2. The molecule has 13 heavy (non-hydrogen) atoms. The van der Waals surface area contributed by atoms with E-state index in [1.54, 1.807) is 0 Å². The summed E-state index contributed by atoms with van der Waals surface area (Å²) in [5.41, 5.74) is 1.83. The van der Waals surface area contributed by atoms with Crippen molar-refractivity contribution in [1.82, 2.24) is 15.4 Å². The van der Waals surface area contributed by atoms with Gasteiger partial charge in [-0.15, -0.1) is 0 Å². The maximum absolute atomic E-state index is 8.56. The van der Waals surface area contributed by atoms with Crippen molar-refractivity contribution in [2.75, 3.05) is 0 Å². The second-order valence-electron chi connectivity index (χ2n) is 2.03. The Morgan fingerprint density at radius 3 is 2.08 bits per heavy atom. The van der Waals surface area contributed by atoms with Crippen LogP contribution in [0.1, 0.15) is 0 Å². The molecule has 0 aliphatic rings. The summed E-state index contributed by atoms with van der Waals surface area (Å²) in [6, 6.07) is 7.70. The first kappa shape index (κ1) is 9.78. The molecule has 0 spiro atoms. The second kappa shape index (κ2) is 4.65. The molecule has 0 saturated carbocycles. The number of para-hydroxylation sites is 2. The van der Waals surface area contributed by atoms with Gasteiger partial charge in [-0.05, 0) is 12.1 Å². The van der Waals surface area contributed by atoms with Crippen LogP contribution in [0.25, 0.3) is 11.0 Å². The summed E-state index contributed by atoms with van der Waals surface area (Å²) in [6.07, 6.45) is 0. The Morgan fingerprint density at radius 2 is 1.69 bits per heavy atom. The highest BCUT2D eigenvalue weighted by molar-refractivity contribution is 7.73. The molecule has 1 atom stereocenters. The molecule has 70 valence electrons. The Kier molecular flexibility index (Phi) is 3.50. The largest absolute Gasteiger partial charge is 0.750 e. The molecule has 0 bridgehead atoms. The molecule has 0 saturated heterocycles. The lowest BCUT2D eigenvalue weighted by atomic mass is 10.3. The molecule has 0 radical (unpaired) electrons. The van der Waals surface area contributed by atoms with E-state index >= 15 is 0 Å². The van der Waals surface area contributed by atoms with Crippen molar-refractivity contribution >= 4 is 22.4 Å². The fraction of sp³-hybridized carbons (Fsp3) is 0. The van der Waals surface area contributed by atoms with Crippen LogP contribution in [-0.2, 0) is 11.4 Å². The van der Waals surface area contributed by atoms with Crippen molar-refractivity contribution in [1.29, 1.82) is 0 Å². The molecule has 6 nitrogen and oxygen atoms in total. The third kappa shape index (κ3) is 3.28. The fourth-order valence-corrected chi connectivity index (χ4v) is 0.786. The average molecular weight is 200 g/mol. The van der Waals surface area contributed by atoms with Gasteiger partial charge >= 0.3 is 0 Å². The molecule has 1 aromatic carbocycles. The number of aromatic amines is 1. The van der Waals surface area contributed by atoms with Gasteiger partial charge in [0.15, 0.2) is 0 Å². The highest BCUT2D eigenvalue weighted by Crippen LogP contribution is 2.03. The lowest BCUT2D eigenvalue weighted by molar-refractivity contribution is 0.436. The first-order valence-corrected chi connectivity index (χ1v) is 4.27. The van der Waals surface area contributed by atoms with Gasteiger partial charge in [-0.1, -0.05) is 12.1 Å². The van der Waals surface area contributed by atoms with Crippen LogP contribution < -0.4 is 0 Å². The van der Waals surface area contributed by atoms with Crippen LogP contribution in [0.3, 0.4) is 0 Å². The van der Waals surface area contributed by atoms with Crippen molar-refractivity contribution in [3.05, 3.63) is 24.3 Å². The number of rotatable bonds is 0. The van der Waals surface area contributed by atoms with E-state index in [1.165, 1.54) is 0 Å². The maximum Gasteiger partial charge on any atom is 0.112 e. The van der Waals surface area contributed by atoms with E-state index in [0.717, 1.165) is 11.0 Å². The summed E-state index contributed by atoms with van der Waals surface area (Å²) < 4.78 is 24.1. The fourth-order valence-electron chi connectivity index (χ4n) is 0.786. The standard InChI is InChI=1S/C6H5N3.H2O3S/c1-2-4-6-5(3-1)7-9-8-6;1-4(2)3/h1-4H,(H,7,8,9);(H2,1,2,3)/p-1. The summed E-state index contributed by atoms with van der Waals surface area (Å²) in [7, 11) is 0. The number of aromatic nitrogens is 3. The Morgan fingerprint density at radius 1 is 1.31 bits per heavy atom. The second-order valence-corrected chi connectivity index (χ2v) is 2.46. The van der Waals surface area contributed by atoms with Gasteiger partial charge in [0.25, 0.3) is 0 Å². The number of nitrogens with one attached hydrogen (secondary N) is 1. The zero-order valence-corrected chi connectivity index (χ0v) is 7.19. The highest BCUT2D eigenvalue weighted by atomic mass is 32.2. The topological polar surface area (TPSA) is 102 Å². The molecule has 0 aliphatic heterocycles. The van der Waals surface area contributed by atoms with Crippen LogP contribution in [0.4, 0.5) is 0 Å². The van der Waals surface area contributed by atoms with Crippen molar-refractivity contribution < 1.29 is 13.3 Å². The van der Waals surface area contributed by atoms with Crippen LogP contribution in [0.15, 0.2) is 24.3 Å². The van der Waals surface area contributed by atoms with Crippen molar-refractivity contribution in [2.45, 2.75) is 0 Å². The van der Waals surface area contributed by atoms with Crippen molar-refractivity contribution in [3.8, 4) is 0 Å². The van der Waals surface area contributed by atoms with Gasteiger partial charge in [0, 0.05) is 0 Å².